The van der Waals surface area contributed by atoms with Crippen molar-refractivity contribution in [2.75, 3.05) is 11.9 Å². The highest BCUT2D eigenvalue weighted by molar-refractivity contribution is 5.92. The molecule has 3 nitrogen and oxygen atoms in total. The summed E-state index contributed by atoms with van der Waals surface area (Å²) in [6.07, 6.45) is 7.23. The number of rotatable bonds is 3. The van der Waals surface area contributed by atoms with Crippen molar-refractivity contribution in [2.45, 2.75) is 38.6 Å². The first-order chi connectivity index (χ1) is 9.31. The van der Waals surface area contributed by atoms with Crippen molar-refractivity contribution in [3.05, 3.63) is 41.0 Å². The Morgan fingerprint density at radius 3 is 3.05 bits per heavy atom. The van der Waals surface area contributed by atoms with Crippen molar-refractivity contribution in [1.29, 1.82) is 0 Å². The van der Waals surface area contributed by atoms with Gasteiger partial charge in [-0.2, -0.15) is 0 Å². The molecular formula is C16H20N2O. The quantitative estimate of drug-likeness (QED) is 0.816. The van der Waals surface area contributed by atoms with Crippen molar-refractivity contribution in [3.63, 3.8) is 0 Å². The fourth-order valence-corrected chi connectivity index (χ4v) is 2.86. The van der Waals surface area contributed by atoms with Gasteiger partial charge in [0.25, 0.3) is 0 Å². The number of carbonyl (C=O) groups is 1. The molecule has 0 saturated carbocycles. The molecule has 2 aliphatic rings. The zero-order valence-electron chi connectivity index (χ0n) is 11.2. The third-order valence-corrected chi connectivity index (χ3v) is 3.90. The van der Waals surface area contributed by atoms with Gasteiger partial charge >= 0.3 is 0 Å². The van der Waals surface area contributed by atoms with Gasteiger partial charge < -0.3 is 10.6 Å². The molecule has 1 amide bonds. The van der Waals surface area contributed by atoms with Crippen LogP contribution in [0.25, 0.3) is 0 Å². The number of hydrogen-bond acceptors (Lipinski definition) is 2. The fraction of sp³-hybridized carbons (Fsp3) is 0.438. The largest absolute Gasteiger partial charge is 0.326 e. The number of hydrogen-bond donors (Lipinski definition) is 2. The lowest BCUT2D eigenvalue weighted by molar-refractivity contribution is -0.115. The van der Waals surface area contributed by atoms with Crippen molar-refractivity contribution in [1.82, 2.24) is 5.32 Å². The standard InChI is InChI=1S/C16H20N2O/c19-16(9-12-3-1-2-4-12)18-15-6-5-14-11-17-8-7-13(14)10-15/h3,5-6,10,17H,1-2,4,7-9,11H2,(H,18,19). The molecule has 3 rings (SSSR count). The summed E-state index contributed by atoms with van der Waals surface area (Å²) in [7, 11) is 0. The van der Waals surface area contributed by atoms with Gasteiger partial charge in [0, 0.05) is 18.7 Å². The van der Waals surface area contributed by atoms with Gasteiger partial charge in [0.1, 0.15) is 0 Å². The molecule has 1 heterocycles. The Morgan fingerprint density at radius 2 is 2.21 bits per heavy atom. The molecule has 3 heteroatoms. The molecule has 1 aliphatic carbocycles. The molecule has 0 atom stereocenters. The first-order valence-electron chi connectivity index (χ1n) is 7.11. The van der Waals surface area contributed by atoms with Crippen LogP contribution in [0.4, 0.5) is 5.69 Å². The Bertz CT molecular complexity index is 519. The first kappa shape index (κ1) is 12.4. The Balaban J connectivity index is 1.64. The second-order valence-electron chi connectivity index (χ2n) is 5.39. The van der Waals surface area contributed by atoms with Crippen LogP contribution in [0.15, 0.2) is 29.8 Å². The highest BCUT2D eigenvalue weighted by Gasteiger charge is 2.12. The number of anilines is 1. The van der Waals surface area contributed by atoms with E-state index in [0.717, 1.165) is 38.0 Å². The predicted molar refractivity (Wildman–Crippen MR) is 77.0 cm³/mol. The Labute approximate surface area is 114 Å². The molecule has 0 saturated heterocycles. The van der Waals surface area contributed by atoms with Crippen LogP contribution in [0.2, 0.25) is 0 Å². The molecule has 0 bridgehead atoms. The summed E-state index contributed by atoms with van der Waals surface area (Å²) in [5, 5.41) is 6.37. The van der Waals surface area contributed by atoms with E-state index < -0.39 is 0 Å². The van der Waals surface area contributed by atoms with Crippen LogP contribution < -0.4 is 10.6 Å². The molecule has 0 spiro atoms. The van der Waals surface area contributed by atoms with Crippen molar-refractivity contribution < 1.29 is 4.79 Å². The maximum Gasteiger partial charge on any atom is 0.228 e. The van der Waals surface area contributed by atoms with E-state index in [1.165, 1.54) is 23.1 Å². The summed E-state index contributed by atoms with van der Waals surface area (Å²) >= 11 is 0. The van der Waals surface area contributed by atoms with Crippen LogP contribution in [0.5, 0.6) is 0 Å². The van der Waals surface area contributed by atoms with E-state index in [-0.39, 0.29) is 5.91 Å². The zero-order chi connectivity index (χ0) is 13.1. The summed E-state index contributed by atoms with van der Waals surface area (Å²) in [4.78, 5) is 12.0. The molecule has 0 radical (unpaired) electrons. The van der Waals surface area contributed by atoms with Crippen molar-refractivity contribution in [2.24, 2.45) is 0 Å². The van der Waals surface area contributed by atoms with Gasteiger partial charge in [-0.25, -0.2) is 0 Å². The summed E-state index contributed by atoms with van der Waals surface area (Å²) in [5.74, 6) is 0.113. The number of nitrogens with one attached hydrogen (secondary N) is 2. The SMILES string of the molecule is O=C(CC1=CCCC1)Nc1ccc2c(c1)CCNC2. The minimum absolute atomic E-state index is 0.113. The van der Waals surface area contributed by atoms with Crippen LogP contribution >= 0.6 is 0 Å². The van der Waals surface area contributed by atoms with Gasteiger partial charge in [-0.3, -0.25) is 4.79 Å². The van der Waals surface area contributed by atoms with Crippen LogP contribution in [-0.2, 0) is 17.8 Å². The summed E-state index contributed by atoms with van der Waals surface area (Å²) < 4.78 is 0. The van der Waals surface area contributed by atoms with E-state index in [1.807, 2.05) is 6.07 Å². The molecular weight excluding hydrogens is 236 g/mol. The van der Waals surface area contributed by atoms with Gasteiger partial charge in [-0.15, -0.1) is 0 Å². The Morgan fingerprint density at radius 1 is 1.26 bits per heavy atom. The molecule has 0 unspecified atom stereocenters. The van der Waals surface area contributed by atoms with E-state index in [2.05, 4.69) is 28.8 Å². The van der Waals surface area contributed by atoms with E-state index in [4.69, 9.17) is 0 Å². The van der Waals surface area contributed by atoms with Gasteiger partial charge in [0.2, 0.25) is 5.91 Å². The van der Waals surface area contributed by atoms with E-state index in [9.17, 15) is 4.79 Å². The van der Waals surface area contributed by atoms with Gasteiger partial charge in [0.05, 0.1) is 0 Å². The van der Waals surface area contributed by atoms with E-state index >= 15 is 0 Å². The van der Waals surface area contributed by atoms with E-state index in [1.54, 1.807) is 0 Å². The number of amides is 1. The van der Waals surface area contributed by atoms with Crippen LogP contribution in [0.3, 0.4) is 0 Å². The lowest BCUT2D eigenvalue weighted by Crippen LogP contribution is -2.23. The normalized spacial score (nSPS) is 17.8. The second kappa shape index (κ2) is 5.57. The van der Waals surface area contributed by atoms with Crippen LogP contribution in [-0.4, -0.2) is 12.5 Å². The summed E-state index contributed by atoms with van der Waals surface area (Å²) in [5.41, 5.74) is 4.93. The monoisotopic (exact) mass is 256 g/mol. The molecule has 0 fully saturated rings. The molecule has 1 aromatic carbocycles. The number of carbonyl (C=O) groups excluding carboxylic acids is 1. The average Bonchev–Trinajstić information content (AvgIpc) is 2.91. The van der Waals surface area contributed by atoms with Gasteiger partial charge in [-0.05, 0) is 55.5 Å². The molecule has 1 aromatic rings. The van der Waals surface area contributed by atoms with Crippen LogP contribution in [0, 0.1) is 0 Å². The highest BCUT2D eigenvalue weighted by Crippen LogP contribution is 2.22. The summed E-state index contributed by atoms with van der Waals surface area (Å²) in [6, 6.07) is 6.25. The second-order valence-corrected chi connectivity index (χ2v) is 5.39. The third kappa shape index (κ3) is 3.04. The average molecular weight is 256 g/mol. The predicted octanol–water partition coefficient (Wildman–Crippen LogP) is 2.77. The lowest BCUT2D eigenvalue weighted by atomic mass is 10.0. The molecule has 19 heavy (non-hydrogen) atoms. The maximum atomic E-state index is 12.0. The number of allylic oxidation sites excluding steroid dienone is 1. The van der Waals surface area contributed by atoms with Crippen molar-refractivity contribution in [3.8, 4) is 0 Å². The maximum absolute atomic E-state index is 12.0. The third-order valence-electron chi connectivity index (χ3n) is 3.90. The Kier molecular flexibility index (Phi) is 3.65. The Hall–Kier alpha value is -1.61. The van der Waals surface area contributed by atoms with E-state index in [0.29, 0.717) is 6.42 Å². The topological polar surface area (TPSA) is 41.1 Å². The van der Waals surface area contributed by atoms with Crippen LogP contribution in [0.1, 0.15) is 36.8 Å². The minimum Gasteiger partial charge on any atom is -0.326 e. The van der Waals surface area contributed by atoms with Gasteiger partial charge in [-0.1, -0.05) is 17.7 Å². The fourth-order valence-electron chi connectivity index (χ4n) is 2.86. The molecule has 2 N–H and O–H groups in total. The molecule has 1 aliphatic heterocycles. The first-order valence-corrected chi connectivity index (χ1v) is 7.11. The molecule has 100 valence electrons. The smallest absolute Gasteiger partial charge is 0.228 e. The minimum atomic E-state index is 0.113. The highest BCUT2D eigenvalue weighted by atomic mass is 16.1. The molecule has 0 aromatic heterocycles. The lowest BCUT2D eigenvalue weighted by Gasteiger charge is -2.18. The summed E-state index contributed by atoms with van der Waals surface area (Å²) in [6.45, 7) is 1.97. The van der Waals surface area contributed by atoms with Crippen molar-refractivity contribution >= 4 is 11.6 Å². The zero-order valence-corrected chi connectivity index (χ0v) is 11.2. The van der Waals surface area contributed by atoms with Gasteiger partial charge in [0.15, 0.2) is 0 Å². The number of benzene rings is 1. The number of fused-ring (bicyclic) bond motifs is 1.